The van der Waals surface area contributed by atoms with Crippen LogP contribution >= 0.6 is 24.0 Å². The normalized spacial score (nSPS) is 12.2. The van der Waals surface area contributed by atoms with Crippen molar-refractivity contribution in [3.05, 3.63) is 59.5 Å². The van der Waals surface area contributed by atoms with Gasteiger partial charge in [0.15, 0.2) is 5.96 Å². The number of aliphatic imine (C=N–C) groups is 1. The van der Waals surface area contributed by atoms with Crippen molar-refractivity contribution in [2.75, 3.05) is 6.54 Å². The van der Waals surface area contributed by atoms with E-state index in [1.165, 1.54) is 0 Å². The highest BCUT2D eigenvalue weighted by Crippen LogP contribution is 2.08. The zero-order valence-corrected chi connectivity index (χ0v) is 19.3. The van der Waals surface area contributed by atoms with Crippen molar-refractivity contribution in [3.63, 3.8) is 0 Å². The third-order valence-electron chi connectivity index (χ3n) is 4.32. The number of amides is 1. The minimum atomic E-state index is -0.129. The molecule has 1 aromatic carbocycles. The number of furan rings is 1. The third-order valence-corrected chi connectivity index (χ3v) is 4.32. The molecule has 0 aliphatic heterocycles. The Labute approximate surface area is 184 Å². The average Bonchev–Trinajstić information content (AvgIpc) is 3.18. The highest BCUT2D eigenvalue weighted by Gasteiger charge is 2.10. The predicted octanol–water partition coefficient (Wildman–Crippen LogP) is 3.93. The first-order chi connectivity index (χ1) is 13.0. The maximum Gasteiger partial charge on any atom is 0.251 e. The van der Waals surface area contributed by atoms with E-state index in [-0.39, 0.29) is 29.9 Å². The number of rotatable bonds is 8. The van der Waals surface area contributed by atoms with Gasteiger partial charge in [0.1, 0.15) is 5.76 Å². The topological polar surface area (TPSA) is 78.7 Å². The van der Waals surface area contributed by atoms with Crippen molar-refractivity contribution in [3.8, 4) is 0 Å². The number of nitrogens with one attached hydrogen (secondary N) is 3. The van der Waals surface area contributed by atoms with Gasteiger partial charge >= 0.3 is 0 Å². The second-order valence-electron chi connectivity index (χ2n) is 6.83. The van der Waals surface area contributed by atoms with Gasteiger partial charge in [0.05, 0.1) is 19.4 Å². The maximum atomic E-state index is 12.3. The summed E-state index contributed by atoms with van der Waals surface area (Å²) in [7, 11) is 0. The SMILES string of the molecule is CCNC(=NCc1cccc(C(=O)NCc2ccco2)c1)NC(C)C(C)C.I. The van der Waals surface area contributed by atoms with Crippen LogP contribution in [-0.4, -0.2) is 24.5 Å². The van der Waals surface area contributed by atoms with Crippen LogP contribution in [0.15, 0.2) is 52.1 Å². The quantitative estimate of drug-likeness (QED) is 0.293. The summed E-state index contributed by atoms with van der Waals surface area (Å²) < 4.78 is 5.23. The van der Waals surface area contributed by atoms with Gasteiger partial charge in [-0.25, -0.2) is 4.99 Å². The molecule has 1 unspecified atom stereocenters. The molecule has 0 spiro atoms. The Bertz CT molecular complexity index is 745. The largest absolute Gasteiger partial charge is 0.467 e. The number of carbonyl (C=O) groups excluding carboxylic acids is 1. The summed E-state index contributed by atoms with van der Waals surface area (Å²) in [5, 5.41) is 9.53. The minimum Gasteiger partial charge on any atom is -0.467 e. The molecule has 2 rings (SSSR count). The van der Waals surface area contributed by atoms with Crippen molar-refractivity contribution in [1.29, 1.82) is 0 Å². The smallest absolute Gasteiger partial charge is 0.251 e. The Morgan fingerprint density at radius 3 is 2.57 bits per heavy atom. The van der Waals surface area contributed by atoms with Gasteiger partial charge in [-0.2, -0.15) is 0 Å². The molecule has 154 valence electrons. The lowest BCUT2D eigenvalue weighted by molar-refractivity contribution is 0.0948. The number of hydrogen-bond donors (Lipinski definition) is 3. The van der Waals surface area contributed by atoms with E-state index in [9.17, 15) is 4.79 Å². The van der Waals surface area contributed by atoms with Gasteiger partial charge in [0, 0.05) is 18.2 Å². The molecule has 0 radical (unpaired) electrons. The predicted molar refractivity (Wildman–Crippen MR) is 124 cm³/mol. The summed E-state index contributed by atoms with van der Waals surface area (Å²) >= 11 is 0. The summed E-state index contributed by atoms with van der Waals surface area (Å²) in [5.74, 6) is 1.89. The molecule has 0 aliphatic carbocycles. The van der Waals surface area contributed by atoms with Crippen LogP contribution in [0.25, 0.3) is 0 Å². The molecule has 1 aromatic heterocycles. The van der Waals surface area contributed by atoms with Gasteiger partial charge in [-0.3, -0.25) is 4.79 Å². The van der Waals surface area contributed by atoms with Gasteiger partial charge in [-0.1, -0.05) is 26.0 Å². The van der Waals surface area contributed by atoms with Crippen LogP contribution in [0.3, 0.4) is 0 Å². The Morgan fingerprint density at radius 2 is 1.93 bits per heavy atom. The second kappa shape index (κ2) is 12.4. The molecule has 2 aromatic rings. The van der Waals surface area contributed by atoms with E-state index < -0.39 is 0 Å². The Kier molecular flexibility index (Phi) is 10.7. The van der Waals surface area contributed by atoms with Crippen LogP contribution in [0, 0.1) is 5.92 Å². The summed E-state index contributed by atoms with van der Waals surface area (Å²) in [4.78, 5) is 17.0. The molecule has 0 bridgehead atoms. The zero-order chi connectivity index (χ0) is 19.6. The van der Waals surface area contributed by atoms with Gasteiger partial charge in [-0.15, -0.1) is 24.0 Å². The van der Waals surface area contributed by atoms with E-state index in [2.05, 4.69) is 41.7 Å². The number of nitrogens with zero attached hydrogens (tertiary/aromatic N) is 1. The highest BCUT2D eigenvalue weighted by molar-refractivity contribution is 14.0. The van der Waals surface area contributed by atoms with E-state index in [1.54, 1.807) is 18.4 Å². The molecule has 7 heteroatoms. The van der Waals surface area contributed by atoms with Crippen molar-refractivity contribution >= 4 is 35.8 Å². The fourth-order valence-corrected chi connectivity index (χ4v) is 2.37. The van der Waals surface area contributed by atoms with E-state index in [0.29, 0.717) is 30.6 Å². The second-order valence-corrected chi connectivity index (χ2v) is 6.83. The number of guanidine groups is 1. The van der Waals surface area contributed by atoms with Crippen molar-refractivity contribution in [2.45, 2.75) is 46.8 Å². The molecule has 6 nitrogen and oxygen atoms in total. The molecule has 1 atom stereocenters. The number of benzene rings is 1. The minimum absolute atomic E-state index is 0. The molecule has 1 amide bonds. The standard InChI is InChI=1S/C21H30N4O2.HI/c1-5-22-21(25-16(4)15(2)3)24-13-17-8-6-9-18(12-17)20(26)23-14-19-10-7-11-27-19;/h6-12,15-16H,5,13-14H2,1-4H3,(H,23,26)(H2,22,24,25);1H. The molecule has 0 aliphatic rings. The van der Waals surface area contributed by atoms with E-state index in [1.807, 2.05) is 31.2 Å². The van der Waals surface area contributed by atoms with Crippen LogP contribution in [0.2, 0.25) is 0 Å². The molecular formula is C21H31IN4O2. The van der Waals surface area contributed by atoms with Gasteiger partial charge in [-0.05, 0) is 49.6 Å². The average molecular weight is 498 g/mol. The Hall–Kier alpha value is -2.03. The third kappa shape index (κ3) is 7.92. The zero-order valence-electron chi connectivity index (χ0n) is 17.0. The first-order valence-electron chi connectivity index (χ1n) is 9.44. The van der Waals surface area contributed by atoms with Crippen LogP contribution in [0.1, 0.15) is 49.4 Å². The number of halogens is 1. The molecule has 3 N–H and O–H groups in total. The molecule has 0 saturated heterocycles. The first-order valence-corrected chi connectivity index (χ1v) is 9.44. The van der Waals surface area contributed by atoms with Crippen LogP contribution in [-0.2, 0) is 13.1 Å². The van der Waals surface area contributed by atoms with Gasteiger partial charge in [0.2, 0.25) is 0 Å². The van der Waals surface area contributed by atoms with E-state index >= 15 is 0 Å². The summed E-state index contributed by atoms with van der Waals surface area (Å²) in [5.41, 5.74) is 1.60. The lowest BCUT2D eigenvalue weighted by atomic mass is 10.1. The molecule has 1 heterocycles. The highest BCUT2D eigenvalue weighted by atomic mass is 127. The molecular weight excluding hydrogens is 467 g/mol. The summed E-state index contributed by atoms with van der Waals surface area (Å²) in [6, 6.07) is 11.5. The molecule has 28 heavy (non-hydrogen) atoms. The fourth-order valence-electron chi connectivity index (χ4n) is 2.37. The van der Waals surface area contributed by atoms with Gasteiger partial charge < -0.3 is 20.4 Å². The fraction of sp³-hybridized carbons (Fsp3) is 0.429. The van der Waals surface area contributed by atoms with Crippen molar-refractivity contribution in [1.82, 2.24) is 16.0 Å². The summed E-state index contributed by atoms with van der Waals surface area (Å²) in [6.45, 7) is 10.2. The first kappa shape index (κ1) is 24.0. The van der Waals surface area contributed by atoms with E-state index in [4.69, 9.17) is 4.42 Å². The lowest BCUT2D eigenvalue weighted by Crippen LogP contribution is -2.44. The monoisotopic (exact) mass is 498 g/mol. The van der Waals surface area contributed by atoms with Crippen LogP contribution in [0.5, 0.6) is 0 Å². The van der Waals surface area contributed by atoms with Gasteiger partial charge in [0.25, 0.3) is 5.91 Å². The maximum absolute atomic E-state index is 12.3. The Balaban J connectivity index is 0.00000392. The van der Waals surface area contributed by atoms with Crippen LogP contribution < -0.4 is 16.0 Å². The number of carbonyl (C=O) groups is 1. The van der Waals surface area contributed by atoms with Crippen LogP contribution in [0.4, 0.5) is 0 Å². The molecule has 0 saturated carbocycles. The summed E-state index contributed by atoms with van der Waals surface area (Å²) in [6.07, 6.45) is 1.59. The lowest BCUT2D eigenvalue weighted by Gasteiger charge is -2.20. The molecule has 0 fully saturated rings. The Morgan fingerprint density at radius 1 is 1.14 bits per heavy atom. The van der Waals surface area contributed by atoms with E-state index in [0.717, 1.165) is 23.8 Å². The van der Waals surface area contributed by atoms with Crippen molar-refractivity contribution in [2.24, 2.45) is 10.9 Å². The number of hydrogen-bond acceptors (Lipinski definition) is 3. The van der Waals surface area contributed by atoms with Crippen molar-refractivity contribution < 1.29 is 9.21 Å².